The molecule has 2 aromatic carbocycles. The zero-order valence-corrected chi connectivity index (χ0v) is 16.1. The van der Waals surface area contributed by atoms with Crippen LogP contribution in [0.1, 0.15) is 5.56 Å². The molecule has 0 aliphatic heterocycles. The fraction of sp³-hybridized carbons (Fsp3) is 0. The minimum atomic E-state index is 0.334. The number of halogens is 2. The fourth-order valence-corrected chi connectivity index (χ4v) is 3.19. The monoisotopic (exact) mass is 414 g/mol. The maximum absolute atomic E-state index is 6.19. The molecule has 0 aliphatic carbocycles. The smallest absolute Gasteiger partial charge is 0.216 e. The first-order chi connectivity index (χ1) is 13.1. The number of aromatic nitrogens is 5. The summed E-state index contributed by atoms with van der Waals surface area (Å²) in [6.07, 6.45) is 1.55. The number of hydrogen-bond acceptors (Lipinski definition) is 4. The average Bonchev–Trinajstić information content (AvgIpc) is 3.29. The van der Waals surface area contributed by atoms with E-state index in [1.165, 1.54) is 4.68 Å². The van der Waals surface area contributed by atoms with Crippen molar-refractivity contribution in [3.63, 3.8) is 0 Å². The van der Waals surface area contributed by atoms with E-state index in [-0.39, 0.29) is 0 Å². The van der Waals surface area contributed by atoms with Gasteiger partial charge in [0.2, 0.25) is 10.6 Å². The van der Waals surface area contributed by atoms with Crippen molar-refractivity contribution < 1.29 is 0 Å². The van der Waals surface area contributed by atoms with Crippen LogP contribution in [0.3, 0.4) is 0 Å². The number of H-pyrrole nitrogens is 2. The van der Waals surface area contributed by atoms with Crippen LogP contribution in [-0.4, -0.2) is 31.3 Å². The normalized spacial score (nSPS) is 11.3. The van der Waals surface area contributed by atoms with Crippen LogP contribution in [0.5, 0.6) is 0 Å². The Morgan fingerprint density at radius 3 is 2.44 bits per heavy atom. The molecule has 0 amide bonds. The third-order valence-electron chi connectivity index (χ3n) is 3.84. The van der Waals surface area contributed by atoms with Gasteiger partial charge < -0.3 is 0 Å². The first kappa shape index (κ1) is 17.7. The van der Waals surface area contributed by atoms with E-state index < -0.39 is 0 Å². The molecule has 0 atom stereocenters. The van der Waals surface area contributed by atoms with Crippen molar-refractivity contribution in [2.45, 2.75) is 0 Å². The van der Waals surface area contributed by atoms with Crippen LogP contribution >= 0.6 is 35.4 Å². The third-order valence-corrected chi connectivity index (χ3v) is 4.76. The molecule has 0 unspecified atom stereocenters. The Morgan fingerprint density at radius 2 is 1.70 bits per heavy atom. The molecule has 27 heavy (non-hydrogen) atoms. The van der Waals surface area contributed by atoms with Gasteiger partial charge in [-0.25, -0.2) is 5.10 Å². The number of nitrogens with zero attached hydrogens (tertiary/aromatic N) is 4. The van der Waals surface area contributed by atoms with Crippen molar-refractivity contribution >= 4 is 41.6 Å². The van der Waals surface area contributed by atoms with Gasteiger partial charge in [-0.3, -0.25) is 5.10 Å². The summed E-state index contributed by atoms with van der Waals surface area (Å²) < 4.78 is 1.82. The van der Waals surface area contributed by atoms with Gasteiger partial charge in [0, 0.05) is 11.1 Å². The quantitative estimate of drug-likeness (QED) is 0.356. The maximum Gasteiger partial charge on any atom is 0.216 e. The highest BCUT2D eigenvalue weighted by atomic mass is 35.5. The van der Waals surface area contributed by atoms with Gasteiger partial charge in [0.05, 0.1) is 22.0 Å². The van der Waals surface area contributed by atoms with Gasteiger partial charge in [-0.05, 0) is 30.4 Å². The molecule has 134 valence electrons. The highest BCUT2D eigenvalue weighted by molar-refractivity contribution is 7.71. The van der Waals surface area contributed by atoms with Gasteiger partial charge in [-0.2, -0.15) is 20.0 Å². The van der Waals surface area contributed by atoms with E-state index in [1.54, 1.807) is 24.4 Å². The molecule has 0 fully saturated rings. The minimum Gasteiger partial charge on any atom is -0.274 e. The average molecular weight is 415 g/mol. The summed E-state index contributed by atoms with van der Waals surface area (Å²) in [4.78, 5) is 0. The lowest BCUT2D eigenvalue weighted by Crippen LogP contribution is -1.96. The second-order valence-corrected chi connectivity index (χ2v) is 6.78. The molecule has 4 aromatic rings. The Kier molecular flexibility index (Phi) is 4.89. The van der Waals surface area contributed by atoms with E-state index in [0.29, 0.717) is 31.9 Å². The van der Waals surface area contributed by atoms with Crippen molar-refractivity contribution in [3.8, 4) is 22.8 Å². The summed E-state index contributed by atoms with van der Waals surface area (Å²) in [5.74, 6) is 0.495. The topological polar surface area (TPSA) is 74.7 Å². The van der Waals surface area contributed by atoms with E-state index in [1.807, 2.05) is 36.4 Å². The van der Waals surface area contributed by atoms with Crippen molar-refractivity contribution in [3.05, 3.63) is 75.0 Å². The van der Waals surface area contributed by atoms with Gasteiger partial charge in [0.1, 0.15) is 5.69 Å². The maximum atomic E-state index is 6.19. The van der Waals surface area contributed by atoms with E-state index >= 15 is 0 Å². The summed E-state index contributed by atoms with van der Waals surface area (Å²) in [6.45, 7) is 0. The first-order valence-electron chi connectivity index (χ1n) is 7.90. The molecule has 0 saturated heterocycles. The fourth-order valence-electron chi connectivity index (χ4n) is 2.52. The Morgan fingerprint density at radius 1 is 0.963 bits per heavy atom. The van der Waals surface area contributed by atoms with Crippen LogP contribution in [0.15, 0.2) is 59.7 Å². The molecule has 4 rings (SSSR count). The van der Waals surface area contributed by atoms with Gasteiger partial charge >= 0.3 is 0 Å². The van der Waals surface area contributed by atoms with E-state index in [0.717, 1.165) is 11.3 Å². The summed E-state index contributed by atoms with van der Waals surface area (Å²) in [6, 6.07) is 17.0. The second-order valence-electron chi connectivity index (χ2n) is 5.58. The molecule has 0 radical (unpaired) electrons. The summed E-state index contributed by atoms with van der Waals surface area (Å²) in [7, 11) is 0. The predicted molar refractivity (Wildman–Crippen MR) is 110 cm³/mol. The standard InChI is InChI=1S/C18H12Cl2N6S/c19-13-7-4-8-14(20)12(13)10-21-26-17(24-25-18(26)27)16-9-15(22-23-16)11-5-2-1-3-6-11/h1-10H,(H,22,23)(H,25,27)/b21-10+. The van der Waals surface area contributed by atoms with Crippen LogP contribution in [0.2, 0.25) is 10.0 Å². The number of rotatable bonds is 4. The molecule has 2 heterocycles. The largest absolute Gasteiger partial charge is 0.274 e. The zero-order valence-electron chi connectivity index (χ0n) is 13.7. The molecule has 9 heteroatoms. The van der Waals surface area contributed by atoms with Crippen LogP contribution in [0, 0.1) is 4.77 Å². The van der Waals surface area contributed by atoms with Crippen LogP contribution in [0.4, 0.5) is 0 Å². The molecular weight excluding hydrogens is 403 g/mol. The lowest BCUT2D eigenvalue weighted by Gasteiger charge is -2.01. The Bertz CT molecular complexity index is 1160. The predicted octanol–water partition coefficient (Wildman–Crippen LogP) is 5.19. The molecule has 2 N–H and O–H groups in total. The zero-order chi connectivity index (χ0) is 18.8. The van der Waals surface area contributed by atoms with Gasteiger partial charge in [-0.15, -0.1) is 0 Å². The minimum absolute atomic E-state index is 0.334. The van der Waals surface area contributed by atoms with Crippen molar-refractivity contribution in [1.82, 2.24) is 25.1 Å². The van der Waals surface area contributed by atoms with Crippen LogP contribution in [0.25, 0.3) is 22.8 Å². The summed E-state index contributed by atoms with van der Waals surface area (Å²) >= 11 is 17.7. The van der Waals surface area contributed by atoms with Crippen LogP contribution in [-0.2, 0) is 0 Å². The van der Waals surface area contributed by atoms with Gasteiger partial charge in [0.25, 0.3) is 0 Å². The second kappa shape index (κ2) is 7.48. The molecule has 0 saturated carbocycles. The summed E-state index contributed by atoms with van der Waals surface area (Å²) in [5.41, 5.74) is 3.06. The Balaban J connectivity index is 1.72. The number of benzene rings is 2. The van der Waals surface area contributed by atoms with Gasteiger partial charge in [0.15, 0.2) is 0 Å². The van der Waals surface area contributed by atoms with E-state index in [2.05, 4.69) is 25.5 Å². The molecule has 0 bridgehead atoms. The lowest BCUT2D eigenvalue weighted by molar-refractivity contribution is 0.865. The Labute approximate surface area is 169 Å². The molecule has 2 aromatic heterocycles. The van der Waals surface area contributed by atoms with Crippen molar-refractivity contribution in [2.75, 3.05) is 0 Å². The van der Waals surface area contributed by atoms with E-state index in [4.69, 9.17) is 35.4 Å². The molecule has 6 nitrogen and oxygen atoms in total. The number of nitrogens with one attached hydrogen (secondary N) is 2. The first-order valence-corrected chi connectivity index (χ1v) is 9.07. The number of aromatic amines is 2. The highest BCUT2D eigenvalue weighted by Crippen LogP contribution is 2.24. The number of hydrogen-bond donors (Lipinski definition) is 2. The van der Waals surface area contributed by atoms with Crippen LogP contribution < -0.4 is 0 Å². The third kappa shape index (κ3) is 3.57. The van der Waals surface area contributed by atoms with E-state index in [9.17, 15) is 0 Å². The SMILES string of the molecule is S=c1[nH]nc(-c2cc(-c3ccccc3)n[nH]2)n1/N=C/c1c(Cl)cccc1Cl. The van der Waals surface area contributed by atoms with Crippen molar-refractivity contribution in [2.24, 2.45) is 5.10 Å². The Hall–Kier alpha value is -2.74. The molecule has 0 aliphatic rings. The lowest BCUT2D eigenvalue weighted by atomic mass is 10.1. The van der Waals surface area contributed by atoms with Crippen molar-refractivity contribution in [1.29, 1.82) is 0 Å². The highest BCUT2D eigenvalue weighted by Gasteiger charge is 2.13. The molecular formula is C18H12Cl2N6S. The van der Waals surface area contributed by atoms with Gasteiger partial charge in [-0.1, -0.05) is 59.6 Å². The summed E-state index contributed by atoms with van der Waals surface area (Å²) in [5, 5.41) is 19.7. The molecule has 0 spiro atoms.